The van der Waals surface area contributed by atoms with E-state index in [9.17, 15) is 5.11 Å². The van der Waals surface area contributed by atoms with Gasteiger partial charge < -0.3 is 9.84 Å². The molecule has 0 heterocycles. The first-order valence-electron chi connectivity index (χ1n) is 6.77. The molecule has 0 saturated carbocycles. The van der Waals surface area contributed by atoms with E-state index in [1.807, 2.05) is 37.3 Å². The Morgan fingerprint density at radius 3 is 2.72 bits per heavy atom. The summed E-state index contributed by atoms with van der Waals surface area (Å²) in [6.45, 7) is 2.52. The molecule has 0 amide bonds. The van der Waals surface area contributed by atoms with Crippen molar-refractivity contribution in [1.29, 1.82) is 0 Å². The highest BCUT2D eigenvalue weighted by Crippen LogP contribution is 2.23. The summed E-state index contributed by atoms with van der Waals surface area (Å²) in [5.74, 6) is 0. The van der Waals surface area contributed by atoms with Crippen LogP contribution >= 0.6 is 0 Å². The van der Waals surface area contributed by atoms with Crippen LogP contribution < -0.4 is 0 Å². The van der Waals surface area contributed by atoms with Gasteiger partial charge in [-0.15, -0.1) is 0 Å². The monoisotopic (exact) mass is 246 g/mol. The van der Waals surface area contributed by atoms with Crippen molar-refractivity contribution in [3.05, 3.63) is 47.5 Å². The molecule has 2 heteroatoms. The molecule has 0 aliphatic heterocycles. The van der Waals surface area contributed by atoms with Crippen LogP contribution in [0, 0.1) is 0 Å². The van der Waals surface area contributed by atoms with Crippen LogP contribution in [0.15, 0.2) is 42.0 Å². The van der Waals surface area contributed by atoms with E-state index in [1.54, 1.807) is 0 Å². The number of ether oxygens (including phenoxy) is 1. The highest BCUT2D eigenvalue weighted by atomic mass is 16.5. The van der Waals surface area contributed by atoms with Gasteiger partial charge >= 0.3 is 0 Å². The molecule has 0 unspecified atom stereocenters. The van der Waals surface area contributed by atoms with E-state index in [4.69, 9.17) is 4.74 Å². The van der Waals surface area contributed by atoms with Crippen molar-refractivity contribution < 1.29 is 9.84 Å². The molecule has 1 aromatic carbocycles. The molecule has 2 nitrogen and oxygen atoms in total. The topological polar surface area (TPSA) is 29.5 Å². The van der Waals surface area contributed by atoms with E-state index in [1.165, 1.54) is 18.4 Å². The van der Waals surface area contributed by atoms with Crippen LogP contribution in [0.3, 0.4) is 0 Å². The minimum atomic E-state index is -0.391. The molecule has 2 rings (SSSR count). The Bertz CT molecular complexity index is 383. The van der Waals surface area contributed by atoms with Gasteiger partial charge in [0.1, 0.15) is 0 Å². The fraction of sp³-hybridized carbons (Fsp3) is 0.500. The van der Waals surface area contributed by atoms with Crippen LogP contribution in [0.4, 0.5) is 0 Å². The Labute approximate surface area is 109 Å². The molecular weight excluding hydrogens is 224 g/mol. The number of hydrogen-bond donors (Lipinski definition) is 1. The Kier molecular flexibility index (Phi) is 4.97. The first kappa shape index (κ1) is 13.3. The SMILES string of the molecule is C[C@H](OCc1ccccc1)[C@H](O)CC1=CCCC1. The van der Waals surface area contributed by atoms with Crippen molar-refractivity contribution in [2.24, 2.45) is 0 Å². The fourth-order valence-electron chi connectivity index (χ4n) is 2.27. The molecule has 1 N–H and O–H groups in total. The fourth-order valence-corrected chi connectivity index (χ4v) is 2.27. The zero-order valence-electron chi connectivity index (χ0n) is 11.0. The first-order valence-corrected chi connectivity index (χ1v) is 6.77. The molecule has 1 aliphatic rings. The van der Waals surface area contributed by atoms with Crippen LogP contribution in [0.2, 0.25) is 0 Å². The van der Waals surface area contributed by atoms with Crippen LogP contribution in [-0.4, -0.2) is 17.3 Å². The molecule has 0 saturated heterocycles. The van der Waals surface area contributed by atoms with Gasteiger partial charge in [-0.3, -0.25) is 0 Å². The van der Waals surface area contributed by atoms with E-state index in [0.717, 1.165) is 18.4 Å². The summed E-state index contributed by atoms with van der Waals surface area (Å²) in [6.07, 6.45) is 6.05. The molecule has 0 bridgehead atoms. The highest BCUT2D eigenvalue weighted by Gasteiger charge is 2.17. The van der Waals surface area contributed by atoms with Crippen LogP contribution in [0.25, 0.3) is 0 Å². The summed E-state index contributed by atoms with van der Waals surface area (Å²) in [4.78, 5) is 0. The minimum absolute atomic E-state index is 0.119. The van der Waals surface area contributed by atoms with Gasteiger partial charge in [-0.2, -0.15) is 0 Å². The Hall–Kier alpha value is -1.12. The van der Waals surface area contributed by atoms with Gasteiger partial charge in [0.25, 0.3) is 0 Å². The summed E-state index contributed by atoms with van der Waals surface area (Å²) in [5, 5.41) is 10.1. The predicted molar refractivity (Wildman–Crippen MR) is 73.3 cm³/mol. The van der Waals surface area contributed by atoms with Gasteiger partial charge in [0.15, 0.2) is 0 Å². The lowest BCUT2D eigenvalue weighted by Crippen LogP contribution is -2.26. The smallest absolute Gasteiger partial charge is 0.0836 e. The van der Waals surface area contributed by atoms with Crippen LogP contribution in [-0.2, 0) is 11.3 Å². The third-order valence-corrected chi connectivity index (χ3v) is 3.50. The lowest BCUT2D eigenvalue weighted by atomic mass is 10.0. The number of aliphatic hydroxyl groups is 1. The maximum Gasteiger partial charge on any atom is 0.0836 e. The normalized spacial score (nSPS) is 18.4. The molecule has 0 aromatic heterocycles. The van der Waals surface area contributed by atoms with Gasteiger partial charge in [-0.05, 0) is 38.2 Å². The molecule has 18 heavy (non-hydrogen) atoms. The third-order valence-electron chi connectivity index (χ3n) is 3.50. The number of aliphatic hydroxyl groups excluding tert-OH is 1. The van der Waals surface area contributed by atoms with Gasteiger partial charge in [-0.1, -0.05) is 42.0 Å². The van der Waals surface area contributed by atoms with E-state index in [2.05, 4.69) is 6.08 Å². The number of rotatable bonds is 6. The zero-order valence-corrected chi connectivity index (χ0v) is 11.0. The third kappa shape index (κ3) is 3.97. The summed E-state index contributed by atoms with van der Waals surface area (Å²) in [5.41, 5.74) is 2.54. The zero-order chi connectivity index (χ0) is 12.8. The average molecular weight is 246 g/mol. The maximum absolute atomic E-state index is 10.1. The first-order chi connectivity index (χ1) is 8.75. The average Bonchev–Trinajstić information content (AvgIpc) is 2.90. The predicted octanol–water partition coefficient (Wildman–Crippen LogP) is 3.45. The summed E-state index contributed by atoms with van der Waals surface area (Å²) in [6, 6.07) is 10.1. The number of hydrogen-bond acceptors (Lipinski definition) is 2. The van der Waals surface area contributed by atoms with Crippen LogP contribution in [0.5, 0.6) is 0 Å². The molecule has 98 valence electrons. The lowest BCUT2D eigenvalue weighted by Gasteiger charge is -2.20. The minimum Gasteiger partial charge on any atom is -0.390 e. The quantitative estimate of drug-likeness (QED) is 0.779. The summed E-state index contributed by atoms with van der Waals surface area (Å²) < 4.78 is 5.72. The van der Waals surface area contributed by atoms with Crippen LogP contribution in [0.1, 0.15) is 38.2 Å². The largest absolute Gasteiger partial charge is 0.390 e. The number of benzene rings is 1. The summed E-state index contributed by atoms with van der Waals surface area (Å²) in [7, 11) is 0. The summed E-state index contributed by atoms with van der Waals surface area (Å²) >= 11 is 0. The maximum atomic E-state index is 10.1. The Balaban J connectivity index is 1.75. The second-order valence-electron chi connectivity index (χ2n) is 5.03. The second-order valence-corrected chi connectivity index (χ2v) is 5.03. The molecule has 0 fully saturated rings. The molecule has 0 spiro atoms. The molecule has 0 radical (unpaired) electrons. The van der Waals surface area contributed by atoms with E-state index < -0.39 is 6.10 Å². The van der Waals surface area contributed by atoms with E-state index in [-0.39, 0.29) is 6.10 Å². The molecular formula is C16H22O2. The van der Waals surface area contributed by atoms with E-state index in [0.29, 0.717) is 6.61 Å². The second kappa shape index (κ2) is 6.72. The van der Waals surface area contributed by atoms with Crippen molar-refractivity contribution in [1.82, 2.24) is 0 Å². The van der Waals surface area contributed by atoms with E-state index >= 15 is 0 Å². The molecule has 2 atom stereocenters. The Morgan fingerprint density at radius 1 is 1.28 bits per heavy atom. The molecule has 1 aliphatic carbocycles. The highest BCUT2D eigenvalue weighted by molar-refractivity contribution is 5.13. The van der Waals surface area contributed by atoms with Crippen molar-refractivity contribution in [3.8, 4) is 0 Å². The van der Waals surface area contributed by atoms with Gasteiger partial charge in [-0.25, -0.2) is 0 Å². The van der Waals surface area contributed by atoms with Crippen molar-refractivity contribution in [3.63, 3.8) is 0 Å². The standard InChI is InChI=1S/C16H22O2/c1-13(16(17)11-14-7-5-6-8-14)18-12-15-9-3-2-4-10-15/h2-4,7,9-10,13,16-17H,5-6,8,11-12H2,1H3/t13-,16+/m0/s1. The Morgan fingerprint density at radius 2 is 2.06 bits per heavy atom. The van der Waals surface area contributed by atoms with Crippen molar-refractivity contribution >= 4 is 0 Å². The van der Waals surface area contributed by atoms with Gasteiger partial charge in [0.05, 0.1) is 18.8 Å². The van der Waals surface area contributed by atoms with Crippen molar-refractivity contribution in [2.45, 2.75) is 51.4 Å². The van der Waals surface area contributed by atoms with Gasteiger partial charge in [0, 0.05) is 0 Å². The van der Waals surface area contributed by atoms with Gasteiger partial charge in [0.2, 0.25) is 0 Å². The molecule has 1 aromatic rings. The number of allylic oxidation sites excluding steroid dienone is 1. The lowest BCUT2D eigenvalue weighted by molar-refractivity contribution is -0.0345. The van der Waals surface area contributed by atoms with Crippen molar-refractivity contribution in [2.75, 3.05) is 0 Å².